The van der Waals surface area contributed by atoms with Crippen molar-refractivity contribution >= 4 is 129 Å². The fraction of sp³-hybridized carbons (Fsp3) is 0.625. The van der Waals surface area contributed by atoms with Crippen molar-refractivity contribution < 1.29 is 43.9 Å². The Labute approximate surface area is 369 Å². The molecule has 0 aliphatic rings. The number of hydrogen-bond acceptors (Lipinski definition) is 0. The fourth-order valence-corrected chi connectivity index (χ4v) is 14.3. The van der Waals surface area contributed by atoms with E-state index in [1.165, 1.54) is 76.0 Å². The number of halogens is 19. The molecule has 0 saturated carbocycles. The van der Waals surface area contributed by atoms with Gasteiger partial charge >= 0.3 is 134 Å². The molecule has 0 spiro atoms. The molecular weight excluding hydrogens is 1070 g/mol. The molecule has 0 aromatic heterocycles. The molecular formula is C32H50Br2Cl7F10PSi2. The second kappa shape index (κ2) is 31.5. The molecule has 0 amide bonds. The van der Waals surface area contributed by atoms with Gasteiger partial charge in [-0.15, -0.1) is 83.5 Å². The van der Waals surface area contributed by atoms with E-state index in [0.717, 1.165) is 0 Å². The Hall–Kier alpha value is 1.59. The van der Waals surface area contributed by atoms with Gasteiger partial charge in [-0.3, -0.25) is 0 Å². The molecule has 0 bridgehead atoms. The summed E-state index contributed by atoms with van der Waals surface area (Å²) in [7, 11) is 0. The zero-order valence-corrected chi connectivity index (χ0v) is 40.3. The van der Waals surface area contributed by atoms with Gasteiger partial charge in [-0.2, -0.15) is 0 Å². The summed E-state index contributed by atoms with van der Waals surface area (Å²) in [6.07, 6.45) is 16.0. The molecule has 2 aromatic carbocycles. The molecule has 0 aliphatic heterocycles. The number of hydrogen-bond donors (Lipinski definition) is 0. The Kier molecular flexibility index (Phi) is 37.7. The molecule has 324 valence electrons. The number of unbranched alkanes of at least 4 members (excludes halogenated alkanes) is 4. The number of benzene rings is 2. The van der Waals surface area contributed by atoms with Crippen molar-refractivity contribution in [1.82, 2.24) is 0 Å². The summed E-state index contributed by atoms with van der Waals surface area (Å²) >= 11 is 41.0. The fourth-order valence-electron chi connectivity index (χ4n) is 4.66. The topological polar surface area (TPSA) is 0 Å². The minimum Gasteiger partial charge on any atom is -0.203 e. The van der Waals surface area contributed by atoms with Crippen molar-refractivity contribution in [1.29, 1.82) is 0 Å². The normalized spacial score (nSPS) is 11.6. The van der Waals surface area contributed by atoms with Crippen LogP contribution in [-0.2, 0) is 11.4 Å². The number of alkyl halides is 1. The summed E-state index contributed by atoms with van der Waals surface area (Å²) < 4.78 is 127. The molecule has 0 unspecified atom stereocenters. The van der Waals surface area contributed by atoms with Crippen LogP contribution in [0.5, 0.6) is 0 Å². The third-order valence-corrected chi connectivity index (χ3v) is 17.7. The standard InChI is InChI=1S/C16H36ClP.C7H2BrF5.C7H2Cl3F5Si.2CH4.BrH.Cl3HSi/c1-5-9-13-18(17,14-10-6-2,15-11-7-3)16-12-8-4;8-1-2-3(9)5(11)7(13)6(12)4(2)10;8-16(9,10)1-2-3(11)5(13)7(15)6(14)4(2)12;;;;1-4(2)3/h5-16H2,1-4H3;1H2;1H2;2*1H4;1H;4H. The molecule has 0 saturated heterocycles. The Morgan fingerprint density at radius 1 is 0.500 bits per heavy atom. The van der Waals surface area contributed by atoms with E-state index in [9.17, 15) is 43.9 Å². The van der Waals surface area contributed by atoms with Crippen LogP contribution in [0.4, 0.5) is 43.9 Å². The molecule has 2 rings (SSSR count). The molecule has 0 N–H and O–H groups in total. The van der Waals surface area contributed by atoms with Crippen LogP contribution in [-0.4, -0.2) is 37.4 Å². The third-order valence-electron chi connectivity index (χ3n) is 7.39. The SMILES string of the molecule is Br.C.C.CCCCP(Cl)(CCCC)(CCCC)CCCC.Cl[SiH](Cl)Cl.Fc1c(F)c(F)c(CBr)c(F)c1F.Fc1c(F)c(F)c(C[Si](Cl)(Cl)Cl)c(F)c1F. The van der Waals surface area contributed by atoms with Crippen LogP contribution in [0.1, 0.15) is 105 Å². The van der Waals surface area contributed by atoms with Crippen LogP contribution in [0, 0.1) is 58.2 Å². The quantitative estimate of drug-likeness (QED) is 0.0317. The zero-order chi connectivity index (χ0) is 40.4. The van der Waals surface area contributed by atoms with E-state index in [0.29, 0.717) is 0 Å². The van der Waals surface area contributed by atoms with Gasteiger partial charge in [-0.25, -0.2) is 43.9 Å². The summed E-state index contributed by atoms with van der Waals surface area (Å²) in [5, 5.41) is -0.432. The van der Waals surface area contributed by atoms with Crippen LogP contribution in [0.15, 0.2) is 0 Å². The van der Waals surface area contributed by atoms with E-state index >= 15 is 0 Å². The molecule has 0 aliphatic carbocycles. The minimum absolute atomic E-state index is 0. The van der Waals surface area contributed by atoms with Crippen molar-refractivity contribution in [3.8, 4) is 0 Å². The van der Waals surface area contributed by atoms with E-state index in [1.807, 2.05) is 0 Å². The second-order valence-electron chi connectivity index (χ2n) is 11.4. The van der Waals surface area contributed by atoms with Gasteiger partial charge in [0.25, 0.3) is 0 Å². The van der Waals surface area contributed by atoms with Crippen LogP contribution in [0.2, 0.25) is 0 Å². The van der Waals surface area contributed by atoms with Gasteiger partial charge in [0, 0.05) is 22.5 Å². The first kappa shape index (κ1) is 64.7. The summed E-state index contributed by atoms with van der Waals surface area (Å²) in [4.78, 5) is 0. The maximum atomic E-state index is 13.1. The largest absolute Gasteiger partial charge is 0.345 e. The Balaban J connectivity index is -0.000000207. The molecule has 0 atom stereocenters. The summed E-state index contributed by atoms with van der Waals surface area (Å²) in [6.45, 7) is 7.49. The summed E-state index contributed by atoms with van der Waals surface area (Å²) in [5.74, 6) is -21.7. The summed E-state index contributed by atoms with van der Waals surface area (Å²) in [5.41, 5.74) is -1.96. The van der Waals surface area contributed by atoms with Crippen molar-refractivity contribution in [2.75, 3.05) is 24.6 Å². The van der Waals surface area contributed by atoms with Crippen LogP contribution < -0.4 is 0 Å². The van der Waals surface area contributed by atoms with Crippen molar-refractivity contribution in [2.45, 2.75) is 105 Å². The molecule has 54 heavy (non-hydrogen) atoms. The van der Waals surface area contributed by atoms with Gasteiger partial charge in [0.1, 0.15) is 0 Å². The maximum Gasteiger partial charge on any atom is 0.345 e. The molecule has 0 heterocycles. The minimum atomic E-state index is -3.54. The molecule has 0 radical (unpaired) electrons. The number of rotatable bonds is 15. The van der Waals surface area contributed by atoms with E-state index in [1.54, 1.807) is 0 Å². The second-order valence-corrected chi connectivity index (χ2v) is 35.8. The predicted molar refractivity (Wildman–Crippen MR) is 232 cm³/mol. The monoisotopic (exact) mass is 1110 g/mol. The Morgan fingerprint density at radius 2 is 0.704 bits per heavy atom. The van der Waals surface area contributed by atoms with Gasteiger partial charge < -0.3 is 0 Å². The molecule has 0 fully saturated rings. The first-order chi connectivity index (χ1) is 23.4. The first-order valence-electron chi connectivity index (χ1n) is 15.7. The average Bonchev–Trinajstić information content (AvgIpc) is 3.07. The van der Waals surface area contributed by atoms with Gasteiger partial charge in [0.05, 0.1) is 0 Å². The molecule has 2 aromatic rings. The van der Waals surface area contributed by atoms with E-state index in [2.05, 4.69) is 43.6 Å². The zero-order valence-electron chi connectivity index (χ0n) is 28.6. The van der Waals surface area contributed by atoms with E-state index in [4.69, 9.17) is 77.7 Å². The van der Waals surface area contributed by atoms with E-state index in [-0.39, 0.29) is 31.8 Å². The van der Waals surface area contributed by atoms with Gasteiger partial charge in [-0.05, 0) is 0 Å². The Bertz CT molecular complexity index is 1260. The third kappa shape index (κ3) is 22.8. The van der Waals surface area contributed by atoms with Gasteiger partial charge in [0.2, 0.25) is 11.6 Å². The van der Waals surface area contributed by atoms with Crippen molar-refractivity contribution in [2.24, 2.45) is 0 Å². The van der Waals surface area contributed by atoms with Crippen LogP contribution in [0.3, 0.4) is 0 Å². The van der Waals surface area contributed by atoms with Gasteiger partial charge in [0.15, 0.2) is 46.5 Å². The Morgan fingerprint density at radius 3 is 0.889 bits per heavy atom. The van der Waals surface area contributed by atoms with Crippen LogP contribution in [0.25, 0.3) is 0 Å². The van der Waals surface area contributed by atoms with E-state index < -0.39 is 99.4 Å². The van der Waals surface area contributed by atoms with Crippen LogP contribution >= 0.6 is 117 Å². The van der Waals surface area contributed by atoms with Gasteiger partial charge in [-0.1, -0.05) is 30.8 Å². The van der Waals surface area contributed by atoms with Crippen molar-refractivity contribution in [3.05, 3.63) is 69.3 Å². The molecule has 0 nitrogen and oxygen atoms in total. The first-order valence-corrected chi connectivity index (χ1v) is 31.2. The summed E-state index contributed by atoms with van der Waals surface area (Å²) in [6, 6.07) is -4.33. The maximum absolute atomic E-state index is 13.1. The van der Waals surface area contributed by atoms with Crippen molar-refractivity contribution in [3.63, 3.8) is 0 Å². The predicted octanol–water partition coefficient (Wildman–Crippen LogP) is 17.6. The average molecular weight is 1120 g/mol. The smallest absolute Gasteiger partial charge is 0.203 e. The molecule has 22 heteroatoms.